The van der Waals surface area contributed by atoms with E-state index in [2.05, 4.69) is 20.7 Å². The van der Waals surface area contributed by atoms with Gasteiger partial charge in [-0.05, 0) is 28.1 Å². The number of hydrogen-bond acceptors (Lipinski definition) is 3. The normalized spacial score (nSPS) is 10.0. The molecule has 98 valence electrons. The topological polar surface area (TPSA) is 46.6 Å². The van der Waals surface area contributed by atoms with E-state index in [4.69, 9.17) is 0 Å². The number of carbonyl (C=O) groups excluding carboxylic acids is 2. The van der Waals surface area contributed by atoms with E-state index in [1.807, 2.05) is 0 Å². The van der Waals surface area contributed by atoms with Gasteiger partial charge in [0.25, 0.3) is 5.91 Å². The Hall–Kier alpha value is -1.43. The SMILES string of the molecule is COC(=O)CCN(C)C(=O)c1c(F)cccc1Br. The smallest absolute Gasteiger partial charge is 0.307 e. The van der Waals surface area contributed by atoms with E-state index in [9.17, 15) is 14.0 Å². The molecular weight excluding hydrogens is 305 g/mol. The molecule has 1 rings (SSSR count). The maximum atomic E-state index is 13.6. The molecule has 0 N–H and O–H groups in total. The lowest BCUT2D eigenvalue weighted by molar-refractivity contribution is -0.140. The Morgan fingerprint density at radius 1 is 1.44 bits per heavy atom. The largest absolute Gasteiger partial charge is 0.469 e. The van der Waals surface area contributed by atoms with Crippen LogP contribution in [0.25, 0.3) is 0 Å². The summed E-state index contributed by atoms with van der Waals surface area (Å²) in [6.07, 6.45) is 0.0742. The molecule has 1 aromatic rings. The minimum absolute atomic E-state index is 0.0372. The summed E-state index contributed by atoms with van der Waals surface area (Å²) in [5.74, 6) is -1.49. The van der Waals surface area contributed by atoms with Crippen molar-refractivity contribution in [3.05, 3.63) is 34.1 Å². The third-order valence-electron chi connectivity index (χ3n) is 2.40. The summed E-state index contributed by atoms with van der Waals surface area (Å²) in [7, 11) is 2.78. The highest BCUT2D eigenvalue weighted by Gasteiger charge is 2.19. The fourth-order valence-corrected chi connectivity index (χ4v) is 1.87. The molecule has 1 aromatic carbocycles. The Labute approximate surface area is 113 Å². The number of ether oxygens (including phenoxy) is 1. The molecule has 0 aliphatic heterocycles. The number of benzene rings is 1. The first kappa shape index (κ1) is 14.6. The van der Waals surface area contributed by atoms with Gasteiger partial charge < -0.3 is 9.64 Å². The quantitative estimate of drug-likeness (QED) is 0.800. The molecule has 4 nitrogen and oxygen atoms in total. The molecule has 0 bridgehead atoms. The molecule has 0 spiro atoms. The summed E-state index contributed by atoms with van der Waals surface area (Å²) >= 11 is 3.13. The summed E-state index contributed by atoms with van der Waals surface area (Å²) < 4.78 is 18.4. The number of rotatable bonds is 4. The minimum Gasteiger partial charge on any atom is -0.469 e. The van der Waals surface area contributed by atoms with Crippen molar-refractivity contribution in [3.8, 4) is 0 Å². The van der Waals surface area contributed by atoms with E-state index in [0.717, 1.165) is 0 Å². The zero-order valence-electron chi connectivity index (χ0n) is 10.1. The zero-order valence-corrected chi connectivity index (χ0v) is 11.7. The van der Waals surface area contributed by atoms with Crippen molar-refractivity contribution in [1.82, 2.24) is 4.90 Å². The molecule has 18 heavy (non-hydrogen) atoms. The van der Waals surface area contributed by atoms with Crippen molar-refractivity contribution in [3.63, 3.8) is 0 Å². The number of esters is 1. The summed E-state index contributed by atoms with van der Waals surface area (Å²) in [4.78, 5) is 24.2. The second-order valence-corrected chi connectivity index (χ2v) is 4.50. The van der Waals surface area contributed by atoms with Crippen LogP contribution in [0.1, 0.15) is 16.8 Å². The van der Waals surface area contributed by atoms with Crippen LogP contribution in [0.15, 0.2) is 22.7 Å². The second kappa shape index (κ2) is 6.49. The first-order chi connectivity index (χ1) is 8.47. The van der Waals surface area contributed by atoms with Crippen molar-refractivity contribution >= 4 is 27.8 Å². The Bertz CT molecular complexity index is 444. The van der Waals surface area contributed by atoms with Crippen LogP contribution in [0.5, 0.6) is 0 Å². The molecule has 0 atom stereocenters. The lowest BCUT2D eigenvalue weighted by Crippen LogP contribution is -2.30. The standard InChI is InChI=1S/C12H13BrFNO3/c1-15(7-6-10(16)18-2)12(17)11-8(13)4-3-5-9(11)14/h3-5H,6-7H2,1-2H3. The molecular formula is C12H13BrFNO3. The molecule has 0 heterocycles. The summed E-state index contributed by atoms with van der Waals surface area (Å²) in [6, 6.07) is 4.31. The van der Waals surface area contributed by atoms with Crippen LogP contribution in [0.2, 0.25) is 0 Å². The van der Waals surface area contributed by atoms with Crippen LogP contribution < -0.4 is 0 Å². The molecule has 0 saturated heterocycles. The van der Waals surface area contributed by atoms with Gasteiger partial charge in [0.1, 0.15) is 5.82 Å². The van der Waals surface area contributed by atoms with Crippen LogP contribution >= 0.6 is 15.9 Å². The summed E-state index contributed by atoms with van der Waals surface area (Å²) in [5, 5.41) is 0. The third kappa shape index (κ3) is 3.53. The monoisotopic (exact) mass is 317 g/mol. The van der Waals surface area contributed by atoms with E-state index in [1.54, 1.807) is 6.07 Å². The lowest BCUT2D eigenvalue weighted by Gasteiger charge is -2.17. The van der Waals surface area contributed by atoms with E-state index in [-0.39, 0.29) is 18.5 Å². The predicted molar refractivity (Wildman–Crippen MR) is 67.7 cm³/mol. The zero-order chi connectivity index (χ0) is 13.7. The molecule has 0 saturated carbocycles. The molecule has 0 aliphatic carbocycles. The molecule has 6 heteroatoms. The van der Waals surface area contributed by atoms with Crippen LogP contribution in [0.4, 0.5) is 4.39 Å². The van der Waals surface area contributed by atoms with Gasteiger partial charge in [-0.1, -0.05) is 6.07 Å². The second-order valence-electron chi connectivity index (χ2n) is 3.65. The highest BCUT2D eigenvalue weighted by atomic mass is 79.9. The number of halogens is 2. The van der Waals surface area contributed by atoms with E-state index < -0.39 is 17.7 Å². The highest BCUT2D eigenvalue weighted by molar-refractivity contribution is 9.10. The van der Waals surface area contributed by atoms with Gasteiger partial charge in [0.15, 0.2) is 0 Å². The van der Waals surface area contributed by atoms with Gasteiger partial charge in [-0.15, -0.1) is 0 Å². The van der Waals surface area contributed by atoms with Gasteiger partial charge >= 0.3 is 5.97 Å². The number of amides is 1. The minimum atomic E-state index is -0.598. The summed E-state index contributed by atoms with van der Waals surface area (Å²) in [5.41, 5.74) is -0.0372. The number of hydrogen-bond donors (Lipinski definition) is 0. The van der Waals surface area contributed by atoms with Gasteiger partial charge in [0, 0.05) is 18.1 Å². The average Bonchev–Trinajstić information content (AvgIpc) is 2.34. The maximum absolute atomic E-state index is 13.6. The fourth-order valence-electron chi connectivity index (χ4n) is 1.36. The first-order valence-electron chi connectivity index (χ1n) is 5.23. The van der Waals surface area contributed by atoms with E-state index in [1.165, 1.54) is 31.2 Å². The summed E-state index contributed by atoms with van der Waals surface area (Å²) in [6.45, 7) is 0.173. The van der Waals surface area contributed by atoms with Gasteiger partial charge in [-0.25, -0.2) is 4.39 Å². The van der Waals surface area contributed by atoms with Crippen molar-refractivity contribution in [1.29, 1.82) is 0 Å². The fraction of sp³-hybridized carbons (Fsp3) is 0.333. The molecule has 0 unspecified atom stereocenters. The van der Waals surface area contributed by atoms with Crippen molar-refractivity contribution in [2.24, 2.45) is 0 Å². The highest BCUT2D eigenvalue weighted by Crippen LogP contribution is 2.21. The third-order valence-corrected chi connectivity index (χ3v) is 3.06. The van der Waals surface area contributed by atoms with E-state index in [0.29, 0.717) is 4.47 Å². The molecule has 0 fully saturated rings. The molecule has 0 radical (unpaired) electrons. The van der Waals surface area contributed by atoms with Crippen molar-refractivity contribution < 1.29 is 18.7 Å². The van der Waals surface area contributed by atoms with Crippen molar-refractivity contribution in [2.75, 3.05) is 20.7 Å². The Kier molecular flexibility index (Phi) is 5.27. The number of methoxy groups -OCH3 is 1. The predicted octanol–water partition coefficient (Wildman–Crippen LogP) is 2.22. The molecule has 0 aliphatic rings. The molecule has 0 aromatic heterocycles. The van der Waals surface area contributed by atoms with Gasteiger partial charge in [0.05, 0.1) is 19.1 Å². The Morgan fingerprint density at radius 3 is 2.67 bits per heavy atom. The first-order valence-corrected chi connectivity index (χ1v) is 6.03. The van der Waals surface area contributed by atoms with Gasteiger partial charge in [0.2, 0.25) is 0 Å². The van der Waals surface area contributed by atoms with Crippen LogP contribution in [0, 0.1) is 5.82 Å². The van der Waals surface area contributed by atoms with Crippen LogP contribution in [0.3, 0.4) is 0 Å². The van der Waals surface area contributed by atoms with Gasteiger partial charge in [-0.3, -0.25) is 9.59 Å². The van der Waals surface area contributed by atoms with E-state index >= 15 is 0 Å². The lowest BCUT2D eigenvalue weighted by atomic mass is 10.2. The Morgan fingerprint density at radius 2 is 2.11 bits per heavy atom. The Balaban J connectivity index is 2.78. The number of nitrogens with zero attached hydrogens (tertiary/aromatic N) is 1. The number of carbonyl (C=O) groups is 2. The average molecular weight is 318 g/mol. The van der Waals surface area contributed by atoms with Crippen LogP contribution in [-0.2, 0) is 9.53 Å². The van der Waals surface area contributed by atoms with Gasteiger partial charge in [-0.2, -0.15) is 0 Å². The molecule has 1 amide bonds. The van der Waals surface area contributed by atoms with Crippen LogP contribution in [-0.4, -0.2) is 37.5 Å². The van der Waals surface area contributed by atoms with Crippen molar-refractivity contribution in [2.45, 2.75) is 6.42 Å². The maximum Gasteiger partial charge on any atom is 0.307 e.